The maximum atomic E-state index is 12.6. The fourth-order valence-corrected chi connectivity index (χ4v) is 4.17. The number of anilines is 1. The van der Waals surface area contributed by atoms with Crippen LogP contribution in [0.4, 0.5) is 5.69 Å². The van der Waals surface area contributed by atoms with Gasteiger partial charge in [0.2, 0.25) is 11.8 Å². The van der Waals surface area contributed by atoms with Crippen LogP contribution >= 0.6 is 0 Å². The molecule has 0 radical (unpaired) electrons. The number of phenolic OH excluding ortho intramolecular Hbond substituents is 1. The predicted molar refractivity (Wildman–Crippen MR) is 150 cm³/mol. The topological polar surface area (TPSA) is 90.9 Å². The Bertz CT molecular complexity index is 973. The lowest BCUT2D eigenvalue weighted by Crippen LogP contribution is -2.36. The molecule has 0 aliphatic rings. The fourth-order valence-electron chi connectivity index (χ4n) is 4.17. The highest BCUT2D eigenvalue weighted by molar-refractivity contribution is 5.93. The molecule has 0 unspecified atom stereocenters. The summed E-state index contributed by atoms with van der Waals surface area (Å²) >= 11 is 0. The zero-order chi connectivity index (χ0) is 27.0. The van der Waals surface area contributed by atoms with Crippen molar-refractivity contribution in [3.8, 4) is 11.5 Å². The number of aryl methyl sites for hydroxylation is 2. The van der Waals surface area contributed by atoms with Gasteiger partial charge in [-0.15, -0.1) is 0 Å². The number of carbonyl (C=O) groups excluding carboxylic acids is 2. The van der Waals surface area contributed by atoms with E-state index in [-0.39, 0.29) is 24.1 Å². The van der Waals surface area contributed by atoms with Gasteiger partial charge in [0.25, 0.3) is 0 Å². The third-order valence-corrected chi connectivity index (χ3v) is 6.50. The standard InChI is InChI=1S/C30H45N3O4/c1-5-7-8-9-10-11-15-28(35)31-21-25-16-17-26(34)27(20-25)37-19-18-33(6-2)22-29(36)32-30-23(3)13-12-14-24(30)4/h12-14,16-17,20,34H,5-11,15,18-19,21-22H2,1-4H3,(H,31,35)(H,32,36). The van der Waals surface area contributed by atoms with Gasteiger partial charge in [0.15, 0.2) is 11.5 Å². The minimum atomic E-state index is -0.0687. The Balaban J connectivity index is 1.76. The molecule has 2 rings (SSSR count). The molecule has 0 saturated heterocycles. The summed E-state index contributed by atoms with van der Waals surface area (Å²) in [4.78, 5) is 26.7. The number of likely N-dealkylation sites (N-methyl/N-ethyl adjacent to an activating group) is 1. The van der Waals surface area contributed by atoms with Crippen LogP contribution in [0.5, 0.6) is 11.5 Å². The molecule has 2 aromatic rings. The van der Waals surface area contributed by atoms with Gasteiger partial charge < -0.3 is 20.5 Å². The number of amides is 2. The van der Waals surface area contributed by atoms with Crippen LogP contribution in [0.3, 0.4) is 0 Å². The van der Waals surface area contributed by atoms with Gasteiger partial charge in [-0.2, -0.15) is 0 Å². The number of nitrogens with one attached hydrogen (secondary N) is 2. The molecular weight excluding hydrogens is 466 g/mol. The average Bonchev–Trinajstić information content (AvgIpc) is 2.88. The first-order valence-electron chi connectivity index (χ1n) is 13.6. The van der Waals surface area contributed by atoms with Gasteiger partial charge in [-0.25, -0.2) is 0 Å². The van der Waals surface area contributed by atoms with Crippen molar-refractivity contribution >= 4 is 17.5 Å². The van der Waals surface area contributed by atoms with E-state index in [2.05, 4.69) is 17.6 Å². The molecule has 0 heterocycles. The maximum Gasteiger partial charge on any atom is 0.238 e. The highest BCUT2D eigenvalue weighted by Gasteiger charge is 2.13. The van der Waals surface area contributed by atoms with E-state index in [1.165, 1.54) is 25.7 Å². The summed E-state index contributed by atoms with van der Waals surface area (Å²) < 4.78 is 5.83. The first kappa shape index (κ1) is 30.2. The summed E-state index contributed by atoms with van der Waals surface area (Å²) in [6, 6.07) is 11.1. The Labute approximate surface area is 222 Å². The van der Waals surface area contributed by atoms with Gasteiger partial charge in [-0.3, -0.25) is 14.5 Å². The van der Waals surface area contributed by atoms with Crippen LogP contribution in [0.1, 0.15) is 75.5 Å². The first-order chi connectivity index (χ1) is 17.8. The van der Waals surface area contributed by atoms with Gasteiger partial charge in [0.1, 0.15) is 6.61 Å². The fraction of sp³-hybridized carbons (Fsp3) is 0.533. The van der Waals surface area contributed by atoms with E-state index < -0.39 is 0 Å². The second-order valence-electron chi connectivity index (χ2n) is 9.63. The monoisotopic (exact) mass is 511 g/mol. The molecule has 7 nitrogen and oxygen atoms in total. The van der Waals surface area contributed by atoms with Crippen molar-refractivity contribution in [3.05, 3.63) is 53.1 Å². The number of unbranched alkanes of at least 4 members (excludes halogenated alkanes) is 5. The number of para-hydroxylation sites is 1. The molecule has 0 bridgehead atoms. The number of benzene rings is 2. The number of aromatic hydroxyl groups is 1. The number of hydrogen-bond donors (Lipinski definition) is 3. The van der Waals surface area contributed by atoms with Crippen LogP contribution in [0, 0.1) is 13.8 Å². The van der Waals surface area contributed by atoms with Crippen molar-refractivity contribution in [1.29, 1.82) is 0 Å². The van der Waals surface area contributed by atoms with Crippen LogP contribution in [0.2, 0.25) is 0 Å². The normalized spacial score (nSPS) is 10.9. The Hall–Kier alpha value is -3.06. The van der Waals surface area contributed by atoms with Crippen molar-refractivity contribution in [1.82, 2.24) is 10.2 Å². The molecule has 7 heteroatoms. The van der Waals surface area contributed by atoms with E-state index in [9.17, 15) is 14.7 Å². The molecule has 0 spiro atoms. The first-order valence-corrected chi connectivity index (χ1v) is 13.6. The molecule has 204 valence electrons. The zero-order valence-corrected chi connectivity index (χ0v) is 23.1. The smallest absolute Gasteiger partial charge is 0.238 e. The van der Waals surface area contributed by atoms with Crippen molar-refractivity contribution in [3.63, 3.8) is 0 Å². The molecule has 0 atom stereocenters. The van der Waals surface area contributed by atoms with Crippen molar-refractivity contribution in [2.24, 2.45) is 0 Å². The molecule has 0 aromatic heterocycles. The quantitative estimate of drug-likeness (QED) is 0.237. The Morgan fingerprint density at radius 1 is 0.946 bits per heavy atom. The molecule has 0 aliphatic carbocycles. The van der Waals surface area contributed by atoms with Gasteiger partial charge >= 0.3 is 0 Å². The van der Waals surface area contributed by atoms with Crippen molar-refractivity contribution in [2.75, 3.05) is 31.6 Å². The highest BCUT2D eigenvalue weighted by Crippen LogP contribution is 2.27. The Morgan fingerprint density at radius 2 is 1.65 bits per heavy atom. The molecule has 37 heavy (non-hydrogen) atoms. The van der Waals surface area contributed by atoms with Gasteiger partial charge in [-0.05, 0) is 55.6 Å². The minimum absolute atomic E-state index is 0.0452. The number of phenols is 1. The summed E-state index contributed by atoms with van der Waals surface area (Å²) in [5.41, 5.74) is 3.80. The van der Waals surface area contributed by atoms with Gasteiger partial charge in [0, 0.05) is 25.2 Å². The van der Waals surface area contributed by atoms with Gasteiger partial charge in [-0.1, -0.05) is 70.2 Å². The van der Waals surface area contributed by atoms with Crippen LogP contribution in [0.25, 0.3) is 0 Å². The molecule has 2 amide bonds. The minimum Gasteiger partial charge on any atom is -0.504 e. The summed E-state index contributed by atoms with van der Waals surface area (Å²) in [5, 5.41) is 16.2. The third kappa shape index (κ3) is 11.3. The van der Waals surface area contributed by atoms with Gasteiger partial charge in [0.05, 0.1) is 6.54 Å². The van der Waals surface area contributed by atoms with Crippen LogP contribution < -0.4 is 15.4 Å². The van der Waals surface area contributed by atoms with Crippen LogP contribution in [0.15, 0.2) is 36.4 Å². The van der Waals surface area contributed by atoms with Crippen molar-refractivity contribution < 1.29 is 19.4 Å². The molecule has 0 fully saturated rings. The lowest BCUT2D eigenvalue weighted by molar-refractivity contribution is -0.121. The Kier molecular flexibility index (Phi) is 13.6. The largest absolute Gasteiger partial charge is 0.504 e. The van der Waals surface area contributed by atoms with E-state index >= 15 is 0 Å². The summed E-state index contributed by atoms with van der Waals surface area (Å²) in [6.07, 6.45) is 7.45. The highest BCUT2D eigenvalue weighted by atomic mass is 16.5. The number of nitrogens with zero attached hydrogens (tertiary/aromatic N) is 1. The Morgan fingerprint density at radius 3 is 2.35 bits per heavy atom. The maximum absolute atomic E-state index is 12.6. The zero-order valence-electron chi connectivity index (χ0n) is 23.1. The summed E-state index contributed by atoms with van der Waals surface area (Å²) in [5.74, 6) is 0.404. The van der Waals surface area contributed by atoms with E-state index in [1.807, 2.05) is 43.9 Å². The third-order valence-electron chi connectivity index (χ3n) is 6.50. The number of ether oxygens (including phenoxy) is 1. The molecular formula is C30H45N3O4. The second kappa shape index (κ2) is 16.6. The van der Waals surface area contributed by atoms with Crippen LogP contribution in [-0.4, -0.2) is 48.1 Å². The molecule has 0 aliphatic heterocycles. The lowest BCUT2D eigenvalue weighted by atomic mass is 10.1. The number of rotatable bonds is 17. The van der Waals surface area contributed by atoms with E-state index in [1.54, 1.807) is 18.2 Å². The SMILES string of the molecule is CCCCCCCCC(=O)NCc1ccc(O)c(OCCN(CC)CC(=O)Nc2c(C)cccc2C)c1. The summed E-state index contributed by atoms with van der Waals surface area (Å²) in [6.45, 7) is 10.4. The summed E-state index contributed by atoms with van der Waals surface area (Å²) in [7, 11) is 0. The van der Waals surface area contributed by atoms with E-state index in [0.29, 0.717) is 38.4 Å². The van der Waals surface area contributed by atoms with Crippen LogP contribution in [-0.2, 0) is 16.1 Å². The molecule has 0 saturated carbocycles. The predicted octanol–water partition coefficient (Wildman–Crippen LogP) is 5.72. The number of hydrogen-bond acceptors (Lipinski definition) is 5. The lowest BCUT2D eigenvalue weighted by Gasteiger charge is -2.21. The number of carbonyl (C=O) groups is 2. The molecule has 2 aromatic carbocycles. The van der Waals surface area contributed by atoms with Crippen molar-refractivity contribution in [2.45, 2.75) is 79.2 Å². The average molecular weight is 512 g/mol. The molecule has 3 N–H and O–H groups in total. The van der Waals surface area contributed by atoms with E-state index in [0.717, 1.165) is 35.2 Å². The second-order valence-corrected chi connectivity index (χ2v) is 9.63. The van der Waals surface area contributed by atoms with E-state index in [4.69, 9.17) is 4.74 Å².